The van der Waals surface area contributed by atoms with E-state index in [4.69, 9.17) is 23.8 Å². The molecule has 2 rings (SSSR count). The van der Waals surface area contributed by atoms with Gasteiger partial charge in [0, 0.05) is 5.69 Å². The average Bonchev–Trinajstić information content (AvgIpc) is 2.57. The third-order valence-electron chi connectivity index (χ3n) is 4.14. The zero-order valence-corrected chi connectivity index (χ0v) is 15.6. The lowest BCUT2D eigenvalue weighted by Crippen LogP contribution is -2.30. The maximum absolute atomic E-state index is 13.2. The van der Waals surface area contributed by atoms with Crippen molar-refractivity contribution in [1.29, 1.82) is 0 Å². The number of rotatable bonds is 5. The van der Waals surface area contributed by atoms with Crippen LogP contribution in [0.25, 0.3) is 0 Å². The van der Waals surface area contributed by atoms with Crippen LogP contribution in [0, 0.1) is 5.82 Å². The first-order valence-corrected chi connectivity index (χ1v) is 8.81. The molecule has 2 nitrogen and oxygen atoms in total. The highest BCUT2D eigenvalue weighted by Gasteiger charge is 2.09. The Hall–Kier alpha value is -1.65. The van der Waals surface area contributed by atoms with Crippen LogP contribution in [0.2, 0.25) is 5.02 Å². The van der Waals surface area contributed by atoms with Gasteiger partial charge >= 0.3 is 0 Å². The Morgan fingerprint density at radius 2 is 1.75 bits per heavy atom. The van der Waals surface area contributed by atoms with Gasteiger partial charge in [0.1, 0.15) is 5.82 Å². The standard InChI is InChI=1S/C19H22ClFN2S/c1-4-12(2)14-5-7-15(8-6-14)13(3)22-19(24)23-16-9-10-18(21)17(20)11-16/h5-13H,4H2,1-3H3,(H2,22,23,24). The van der Waals surface area contributed by atoms with Crippen molar-refractivity contribution < 1.29 is 4.39 Å². The van der Waals surface area contributed by atoms with E-state index in [2.05, 4.69) is 48.7 Å². The van der Waals surface area contributed by atoms with Crippen LogP contribution in [0.3, 0.4) is 0 Å². The maximum atomic E-state index is 13.2. The molecule has 2 N–H and O–H groups in total. The van der Waals surface area contributed by atoms with Crippen LogP contribution in [0.1, 0.15) is 50.3 Å². The highest BCUT2D eigenvalue weighted by molar-refractivity contribution is 7.80. The van der Waals surface area contributed by atoms with Crippen LogP contribution in [-0.2, 0) is 0 Å². The van der Waals surface area contributed by atoms with Gasteiger partial charge in [-0.05, 0) is 60.8 Å². The number of thiocarbonyl (C=S) groups is 1. The van der Waals surface area contributed by atoms with Gasteiger partial charge in [0.25, 0.3) is 0 Å². The first-order chi connectivity index (χ1) is 11.4. The lowest BCUT2D eigenvalue weighted by molar-refractivity contribution is 0.628. The van der Waals surface area contributed by atoms with Gasteiger partial charge in [-0.3, -0.25) is 0 Å². The van der Waals surface area contributed by atoms with Crippen LogP contribution in [0.4, 0.5) is 10.1 Å². The molecule has 0 heterocycles. The molecule has 24 heavy (non-hydrogen) atoms. The molecule has 0 amide bonds. The maximum Gasteiger partial charge on any atom is 0.171 e. The molecular formula is C19H22ClFN2S. The monoisotopic (exact) mass is 364 g/mol. The summed E-state index contributed by atoms with van der Waals surface area (Å²) in [5.74, 6) is 0.115. The smallest absolute Gasteiger partial charge is 0.171 e. The minimum Gasteiger partial charge on any atom is -0.356 e. The second-order valence-electron chi connectivity index (χ2n) is 5.93. The zero-order valence-electron chi connectivity index (χ0n) is 14.1. The van der Waals surface area contributed by atoms with Crippen molar-refractivity contribution in [2.75, 3.05) is 5.32 Å². The third kappa shape index (κ3) is 4.92. The molecule has 0 aliphatic carbocycles. The molecule has 0 aliphatic heterocycles. The fourth-order valence-corrected chi connectivity index (χ4v) is 2.85. The predicted molar refractivity (Wildman–Crippen MR) is 104 cm³/mol. The zero-order chi connectivity index (χ0) is 17.7. The second kappa shape index (κ2) is 8.45. The van der Waals surface area contributed by atoms with Crippen molar-refractivity contribution in [3.8, 4) is 0 Å². The Balaban J connectivity index is 1.96. The van der Waals surface area contributed by atoms with Crippen LogP contribution >= 0.6 is 23.8 Å². The van der Waals surface area contributed by atoms with E-state index in [1.54, 1.807) is 6.07 Å². The van der Waals surface area contributed by atoms with E-state index < -0.39 is 5.82 Å². The molecule has 0 fully saturated rings. The molecule has 0 saturated heterocycles. The summed E-state index contributed by atoms with van der Waals surface area (Å²) in [4.78, 5) is 0. The van der Waals surface area contributed by atoms with Gasteiger partial charge in [0.15, 0.2) is 5.11 Å². The molecule has 0 aromatic heterocycles. The summed E-state index contributed by atoms with van der Waals surface area (Å²) in [6.45, 7) is 6.46. The number of halogens is 2. The van der Waals surface area contributed by atoms with Gasteiger partial charge < -0.3 is 10.6 Å². The van der Waals surface area contributed by atoms with Crippen LogP contribution in [0.5, 0.6) is 0 Å². The highest BCUT2D eigenvalue weighted by Crippen LogP contribution is 2.22. The Labute approximate surface area is 153 Å². The molecule has 0 saturated carbocycles. The number of hydrogen-bond acceptors (Lipinski definition) is 1. The molecule has 2 aromatic carbocycles. The predicted octanol–water partition coefficient (Wildman–Crippen LogP) is 6.04. The summed E-state index contributed by atoms with van der Waals surface area (Å²) >= 11 is 11.1. The normalized spacial score (nSPS) is 13.2. The quantitative estimate of drug-likeness (QED) is 0.632. The Kier molecular flexibility index (Phi) is 6.58. The Morgan fingerprint density at radius 1 is 1.12 bits per heavy atom. The van der Waals surface area contributed by atoms with Gasteiger partial charge in [-0.1, -0.05) is 49.7 Å². The summed E-state index contributed by atoms with van der Waals surface area (Å²) in [5, 5.41) is 6.78. The van der Waals surface area contributed by atoms with E-state index in [0.717, 1.165) is 12.0 Å². The Morgan fingerprint density at radius 3 is 2.33 bits per heavy atom. The molecule has 0 radical (unpaired) electrons. The van der Waals surface area contributed by atoms with Gasteiger partial charge in [0.2, 0.25) is 0 Å². The summed E-state index contributed by atoms with van der Waals surface area (Å²) < 4.78 is 13.2. The van der Waals surface area contributed by atoms with E-state index in [9.17, 15) is 4.39 Å². The van der Waals surface area contributed by atoms with Crippen LogP contribution < -0.4 is 10.6 Å². The summed E-state index contributed by atoms with van der Waals surface area (Å²) in [7, 11) is 0. The molecule has 0 spiro atoms. The molecule has 128 valence electrons. The van der Waals surface area contributed by atoms with Crippen molar-refractivity contribution in [2.45, 2.75) is 39.2 Å². The highest BCUT2D eigenvalue weighted by atomic mass is 35.5. The minimum absolute atomic E-state index is 0.0619. The van der Waals surface area contributed by atoms with E-state index >= 15 is 0 Å². The first-order valence-electron chi connectivity index (χ1n) is 8.03. The lowest BCUT2D eigenvalue weighted by Gasteiger charge is -2.18. The van der Waals surface area contributed by atoms with Crippen LogP contribution in [0.15, 0.2) is 42.5 Å². The number of benzene rings is 2. The third-order valence-corrected chi connectivity index (χ3v) is 4.65. The molecule has 2 unspecified atom stereocenters. The van der Waals surface area contributed by atoms with Gasteiger partial charge in [0.05, 0.1) is 11.1 Å². The van der Waals surface area contributed by atoms with E-state index in [0.29, 0.717) is 16.7 Å². The summed E-state index contributed by atoms with van der Waals surface area (Å²) in [6.07, 6.45) is 1.13. The van der Waals surface area contributed by atoms with Gasteiger partial charge in [-0.25, -0.2) is 4.39 Å². The van der Waals surface area contributed by atoms with Gasteiger partial charge in [-0.2, -0.15) is 0 Å². The molecule has 5 heteroatoms. The van der Waals surface area contributed by atoms with Crippen molar-refractivity contribution in [2.24, 2.45) is 0 Å². The largest absolute Gasteiger partial charge is 0.356 e. The van der Waals surface area contributed by atoms with Crippen LogP contribution in [-0.4, -0.2) is 5.11 Å². The molecule has 0 aliphatic rings. The minimum atomic E-state index is -0.448. The van der Waals surface area contributed by atoms with Gasteiger partial charge in [-0.15, -0.1) is 0 Å². The van der Waals surface area contributed by atoms with E-state index in [1.807, 2.05) is 6.92 Å². The number of anilines is 1. The summed E-state index contributed by atoms with van der Waals surface area (Å²) in [5.41, 5.74) is 3.15. The van der Waals surface area contributed by atoms with E-state index in [-0.39, 0.29) is 11.1 Å². The number of hydrogen-bond donors (Lipinski definition) is 2. The Bertz CT molecular complexity index is 703. The lowest BCUT2D eigenvalue weighted by atomic mass is 9.96. The topological polar surface area (TPSA) is 24.1 Å². The fourth-order valence-electron chi connectivity index (χ4n) is 2.37. The van der Waals surface area contributed by atoms with Crippen molar-refractivity contribution in [3.05, 3.63) is 64.4 Å². The average molecular weight is 365 g/mol. The molecule has 2 aromatic rings. The molecule has 2 atom stereocenters. The van der Waals surface area contributed by atoms with Crippen molar-refractivity contribution in [3.63, 3.8) is 0 Å². The SMILES string of the molecule is CCC(C)c1ccc(C(C)NC(=S)Nc2ccc(F)c(Cl)c2)cc1. The molecular weight excluding hydrogens is 343 g/mol. The number of nitrogens with one attached hydrogen (secondary N) is 2. The fraction of sp³-hybridized carbons (Fsp3) is 0.316. The summed E-state index contributed by atoms with van der Waals surface area (Å²) in [6, 6.07) is 13.1. The van der Waals surface area contributed by atoms with Crippen molar-refractivity contribution >= 4 is 34.6 Å². The van der Waals surface area contributed by atoms with E-state index in [1.165, 1.54) is 17.7 Å². The first kappa shape index (κ1) is 18.7. The van der Waals surface area contributed by atoms with Crippen molar-refractivity contribution in [1.82, 2.24) is 5.32 Å². The molecule has 0 bridgehead atoms. The second-order valence-corrected chi connectivity index (χ2v) is 6.74.